The summed E-state index contributed by atoms with van der Waals surface area (Å²) in [6.45, 7) is 0. The third-order valence-electron chi connectivity index (χ3n) is 1.56. The van der Waals surface area contributed by atoms with Gasteiger partial charge in [-0.1, -0.05) is 4.49 Å². The average molecular weight is 265 g/mol. The van der Waals surface area contributed by atoms with Gasteiger partial charge in [-0.3, -0.25) is 4.79 Å². The Morgan fingerprint density at radius 2 is 2.00 bits per heavy atom. The summed E-state index contributed by atoms with van der Waals surface area (Å²) >= 11 is 1.14. The van der Waals surface area contributed by atoms with E-state index >= 15 is 0 Å². The van der Waals surface area contributed by atoms with Gasteiger partial charge in [-0.2, -0.15) is 13.2 Å². The number of carbonyl (C=O) groups is 1. The van der Waals surface area contributed by atoms with Gasteiger partial charge in [-0.05, 0) is 11.5 Å². The first-order chi connectivity index (χ1) is 7.48. The molecule has 2 heterocycles. The van der Waals surface area contributed by atoms with Crippen molar-refractivity contribution in [1.82, 2.24) is 14.6 Å². The zero-order valence-electron chi connectivity index (χ0n) is 7.35. The molecule has 0 saturated heterocycles. The van der Waals surface area contributed by atoms with Crippen molar-refractivity contribution in [2.75, 3.05) is 0 Å². The van der Waals surface area contributed by atoms with Crippen LogP contribution in [0.25, 0.3) is 0 Å². The van der Waals surface area contributed by atoms with Crippen LogP contribution in [0.3, 0.4) is 0 Å². The van der Waals surface area contributed by atoms with Gasteiger partial charge in [0.1, 0.15) is 4.88 Å². The largest absolute Gasteiger partial charge is 0.443 e. The topological polar surface area (TPSA) is 55.7 Å². The van der Waals surface area contributed by atoms with E-state index in [0.717, 1.165) is 17.7 Å². The van der Waals surface area contributed by atoms with Crippen LogP contribution in [0, 0.1) is 0 Å². The minimum Gasteiger partial charge on any atom is -0.287 e. The summed E-state index contributed by atoms with van der Waals surface area (Å²) in [5, 5.41) is 2.40. The maximum atomic E-state index is 12.2. The van der Waals surface area contributed by atoms with E-state index < -0.39 is 17.0 Å². The van der Waals surface area contributed by atoms with E-state index in [1.165, 1.54) is 6.20 Å². The van der Waals surface area contributed by atoms with Gasteiger partial charge in [-0.15, -0.1) is 16.4 Å². The Bertz CT molecular complexity index is 505. The highest BCUT2D eigenvalue weighted by Gasteiger charge is 2.35. The summed E-state index contributed by atoms with van der Waals surface area (Å²) in [4.78, 5) is 14.9. The molecule has 2 aromatic rings. The summed E-state index contributed by atoms with van der Waals surface area (Å²) in [5.74, 6) is -0.539. The fourth-order valence-electron chi connectivity index (χ4n) is 0.899. The van der Waals surface area contributed by atoms with Gasteiger partial charge in [0.2, 0.25) is 5.78 Å². The zero-order chi connectivity index (χ0) is 11.8. The SMILES string of the molecule is O=C(c1cnns1)c1cnc(C(F)(F)F)s1. The summed E-state index contributed by atoms with van der Waals surface area (Å²) in [5.41, 5.74) is 0. The molecule has 0 atom stereocenters. The lowest BCUT2D eigenvalue weighted by atomic mass is 10.3. The van der Waals surface area contributed by atoms with Gasteiger partial charge in [0.15, 0.2) is 5.01 Å². The molecule has 0 aromatic carbocycles. The molecule has 16 heavy (non-hydrogen) atoms. The maximum Gasteiger partial charge on any atom is 0.443 e. The molecule has 0 bridgehead atoms. The molecule has 2 aromatic heterocycles. The Kier molecular flexibility index (Phi) is 2.72. The fraction of sp³-hybridized carbons (Fsp3) is 0.143. The van der Waals surface area contributed by atoms with Crippen LogP contribution < -0.4 is 0 Å². The molecule has 0 aliphatic rings. The van der Waals surface area contributed by atoms with Crippen molar-refractivity contribution in [1.29, 1.82) is 0 Å². The molecule has 0 fully saturated rings. The van der Waals surface area contributed by atoms with Gasteiger partial charge in [0.25, 0.3) is 0 Å². The Balaban J connectivity index is 2.30. The van der Waals surface area contributed by atoms with E-state index in [4.69, 9.17) is 0 Å². The van der Waals surface area contributed by atoms with Crippen molar-refractivity contribution in [2.45, 2.75) is 6.18 Å². The standard InChI is InChI=1S/C7H2F3N3OS2/c8-7(9,10)6-11-1-3(15-6)5(14)4-2-12-13-16-4/h1-2H. The van der Waals surface area contributed by atoms with E-state index in [2.05, 4.69) is 14.6 Å². The second-order valence-corrected chi connectivity index (χ2v) is 4.45. The summed E-state index contributed by atoms with van der Waals surface area (Å²) in [6.07, 6.45) is -2.40. The van der Waals surface area contributed by atoms with E-state index in [1.54, 1.807) is 0 Å². The minimum absolute atomic E-state index is 0.0709. The monoisotopic (exact) mass is 265 g/mol. The molecule has 84 valence electrons. The highest BCUT2D eigenvalue weighted by atomic mass is 32.1. The number of carbonyl (C=O) groups excluding carboxylic acids is 1. The number of hydrogen-bond donors (Lipinski definition) is 0. The van der Waals surface area contributed by atoms with Crippen LogP contribution in [0.2, 0.25) is 0 Å². The number of hydrogen-bond acceptors (Lipinski definition) is 6. The van der Waals surface area contributed by atoms with Crippen LogP contribution in [0.1, 0.15) is 19.6 Å². The van der Waals surface area contributed by atoms with Gasteiger partial charge < -0.3 is 0 Å². The normalized spacial score (nSPS) is 11.7. The summed E-state index contributed by atoms with van der Waals surface area (Å²) in [7, 11) is 0. The Hall–Kier alpha value is -1.35. The smallest absolute Gasteiger partial charge is 0.287 e. The van der Waals surface area contributed by atoms with E-state index in [-0.39, 0.29) is 9.75 Å². The van der Waals surface area contributed by atoms with Crippen molar-refractivity contribution < 1.29 is 18.0 Å². The van der Waals surface area contributed by atoms with Gasteiger partial charge in [-0.25, -0.2) is 4.98 Å². The molecule has 0 radical (unpaired) electrons. The number of alkyl halides is 3. The Morgan fingerprint density at radius 1 is 1.25 bits per heavy atom. The van der Waals surface area contributed by atoms with Crippen molar-refractivity contribution in [3.63, 3.8) is 0 Å². The number of thiazole rings is 1. The molecule has 2 rings (SSSR count). The van der Waals surface area contributed by atoms with E-state index in [1.807, 2.05) is 0 Å². The van der Waals surface area contributed by atoms with E-state index in [0.29, 0.717) is 11.3 Å². The quantitative estimate of drug-likeness (QED) is 0.781. The first-order valence-electron chi connectivity index (χ1n) is 3.83. The molecular weight excluding hydrogens is 263 g/mol. The second kappa shape index (κ2) is 3.91. The zero-order valence-corrected chi connectivity index (χ0v) is 8.99. The molecular formula is C7H2F3N3OS2. The first kappa shape index (κ1) is 11.1. The van der Waals surface area contributed by atoms with Gasteiger partial charge >= 0.3 is 6.18 Å². The second-order valence-electron chi connectivity index (χ2n) is 2.64. The number of aromatic nitrogens is 3. The molecule has 0 spiro atoms. The van der Waals surface area contributed by atoms with Crippen molar-refractivity contribution >= 4 is 28.7 Å². The van der Waals surface area contributed by atoms with Gasteiger partial charge in [0.05, 0.1) is 11.1 Å². The minimum atomic E-state index is -4.52. The van der Waals surface area contributed by atoms with E-state index in [9.17, 15) is 18.0 Å². The van der Waals surface area contributed by atoms with Crippen LogP contribution >= 0.6 is 22.9 Å². The van der Waals surface area contributed by atoms with Crippen molar-refractivity contribution in [3.8, 4) is 0 Å². The van der Waals surface area contributed by atoms with Crippen LogP contribution in [0.15, 0.2) is 12.4 Å². The number of nitrogens with zero attached hydrogens (tertiary/aromatic N) is 3. The molecule has 4 nitrogen and oxygen atoms in total. The first-order valence-corrected chi connectivity index (χ1v) is 5.42. The van der Waals surface area contributed by atoms with Crippen LogP contribution in [-0.4, -0.2) is 20.4 Å². The highest BCUT2D eigenvalue weighted by Crippen LogP contribution is 2.33. The molecule has 0 saturated carbocycles. The van der Waals surface area contributed by atoms with Crippen LogP contribution in [0.5, 0.6) is 0 Å². The lowest BCUT2D eigenvalue weighted by Gasteiger charge is -1.98. The van der Waals surface area contributed by atoms with Crippen LogP contribution in [-0.2, 0) is 6.18 Å². The fourth-order valence-corrected chi connectivity index (χ4v) is 2.17. The Labute approximate surface area is 94.9 Å². The number of rotatable bonds is 2. The summed E-state index contributed by atoms with van der Waals surface area (Å²) < 4.78 is 40.1. The number of ketones is 1. The Morgan fingerprint density at radius 3 is 2.50 bits per heavy atom. The highest BCUT2D eigenvalue weighted by molar-refractivity contribution is 7.15. The molecule has 0 amide bonds. The molecule has 0 unspecified atom stereocenters. The van der Waals surface area contributed by atoms with Gasteiger partial charge in [0, 0.05) is 6.20 Å². The maximum absolute atomic E-state index is 12.2. The van der Waals surface area contributed by atoms with Crippen molar-refractivity contribution in [3.05, 3.63) is 27.2 Å². The molecule has 9 heteroatoms. The third kappa shape index (κ3) is 2.09. The average Bonchev–Trinajstić information content (AvgIpc) is 2.87. The lowest BCUT2D eigenvalue weighted by Crippen LogP contribution is -2.03. The lowest BCUT2D eigenvalue weighted by molar-refractivity contribution is -0.137. The molecule has 0 aliphatic carbocycles. The predicted molar refractivity (Wildman–Crippen MR) is 50.5 cm³/mol. The molecule has 0 N–H and O–H groups in total. The predicted octanol–water partition coefficient (Wildman–Crippen LogP) is 2.24. The van der Waals surface area contributed by atoms with Crippen molar-refractivity contribution in [2.24, 2.45) is 0 Å². The van der Waals surface area contributed by atoms with Crippen LogP contribution in [0.4, 0.5) is 13.2 Å². The third-order valence-corrected chi connectivity index (χ3v) is 3.26. The number of halogens is 3. The molecule has 0 aliphatic heterocycles. The summed E-state index contributed by atoms with van der Waals surface area (Å²) in [6, 6.07) is 0.